The highest BCUT2D eigenvalue weighted by Crippen LogP contribution is 2.42. The number of benzene rings is 1. The second-order valence-corrected chi connectivity index (χ2v) is 8.08. The number of para-hydroxylation sites is 1. The number of anilines is 1. The average Bonchev–Trinajstić information content (AvgIpc) is 3.21. The predicted octanol–water partition coefficient (Wildman–Crippen LogP) is 4.85. The normalized spacial score (nSPS) is 12.9. The number of carbonyl (C=O) groups excluding carboxylic acids is 1. The Bertz CT molecular complexity index is 950. The smallest absolute Gasteiger partial charge is 0.267 e. The Morgan fingerprint density at radius 1 is 1.24 bits per heavy atom. The van der Waals surface area contributed by atoms with Crippen molar-refractivity contribution in [2.75, 3.05) is 5.32 Å². The van der Waals surface area contributed by atoms with Crippen molar-refractivity contribution in [3.05, 3.63) is 52.6 Å². The van der Waals surface area contributed by atoms with Gasteiger partial charge in [0.1, 0.15) is 18.1 Å². The zero-order chi connectivity index (χ0) is 17.6. The lowest BCUT2D eigenvalue weighted by molar-refractivity contribution is 0.102. The summed E-state index contributed by atoms with van der Waals surface area (Å²) in [5, 5.41) is 6.75. The molecule has 0 saturated carbocycles. The summed E-state index contributed by atoms with van der Waals surface area (Å²) in [6, 6.07) is 11.5. The molecule has 2 aromatic heterocycles. The second-order valence-electron chi connectivity index (χ2n) is 7.03. The van der Waals surface area contributed by atoms with Gasteiger partial charge in [-0.1, -0.05) is 38.1 Å². The van der Waals surface area contributed by atoms with Gasteiger partial charge in [-0.15, -0.1) is 11.3 Å². The van der Waals surface area contributed by atoms with Gasteiger partial charge >= 0.3 is 0 Å². The molecule has 3 aromatic rings. The molecule has 6 heteroatoms. The molecule has 1 N–H and O–H groups in total. The number of hydrogen-bond acceptors (Lipinski definition) is 5. The molecular formula is C19H18N2O3S. The van der Waals surface area contributed by atoms with E-state index in [1.54, 1.807) is 6.07 Å². The van der Waals surface area contributed by atoms with E-state index in [1.165, 1.54) is 11.3 Å². The Morgan fingerprint density at radius 3 is 2.80 bits per heavy atom. The molecule has 0 unspecified atom stereocenters. The topological polar surface area (TPSA) is 64.4 Å². The highest BCUT2D eigenvalue weighted by Gasteiger charge is 2.24. The van der Waals surface area contributed by atoms with Gasteiger partial charge in [0.05, 0.1) is 4.88 Å². The summed E-state index contributed by atoms with van der Waals surface area (Å²) in [6.07, 6.45) is 0. The van der Waals surface area contributed by atoms with E-state index in [2.05, 4.69) is 10.5 Å². The lowest BCUT2D eigenvalue weighted by Crippen LogP contribution is -2.11. The molecule has 3 heterocycles. The van der Waals surface area contributed by atoms with E-state index >= 15 is 0 Å². The standard InChI is InChI=1S/C19H18N2O3S/c1-19(2,3)15-9-16(21-24-15)20-18(22)14-8-11-10-23-13-7-5-4-6-12(13)17(11)25-14/h4-9H,10H2,1-3H3,(H,20,21,22). The minimum Gasteiger partial charge on any atom is -0.488 e. The Morgan fingerprint density at radius 2 is 2.04 bits per heavy atom. The van der Waals surface area contributed by atoms with Gasteiger partial charge in [0.25, 0.3) is 5.91 Å². The molecule has 0 atom stereocenters. The van der Waals surface area contributed by atoms with Crippen LogP contribution in [0.1, 0.15) is 41.8 Å². The van der Waals surface area contributed by atoms with Gasteiger partial charge in [-0.05, 0) is 18.2 Å². The maximum absolute atomic E-state index is 12.6. The summed E-state index contributed by atoms with van der Waals surface area (Å²) in [6.45, 7) is 6.58. The summed E-state index contributed by atoms with van der Waals surface area (Å²) >= 11 is 1.47. The van der Waals surface area contributed by atoms with E-state index in [0.29, 0.717) is 17.3 Å². The molecule has 4 rings (SSSR count). The first-order valence-electron chi connectivity index (χ1n) is 8.05. The summed E-state index contributed by atoms with van der Waals surface area (Å²) < 4.78 is 11.1. The van der Waals surface area contributed by atoms with Crippen LogP contribution in [0, 0.1) is 0 Å². The van der Waals surface area contributed by atoms with Crippen molar-refractivity contribution in [2.24, 2.45) is 0 Å². The van der Waals surface area contributed by atoms with Crippen molar-refractivity contribution >= 4 is 23.1 Å². The van der Waals surface area contributed by atoms with Gasteiger partial charge in [-0.3, -0.25) is 4.79 Å². The molecule has 1 amide bonds. The lowest BCUT2D eigenvalue weighted by atomic mass is 9.93. The van der Waals surface area contributed by atoms with E-state index in [9.17, 15) is 4.79 Å². The lowest BCUT2D eigenvalue weighted by Gasteiger charge is -2.16. The second kappa shape index (κ2) is 5.74. The van der Waals surface area contributed by atoms with Gasteiger partial charge in [-0.25, -0.2) is 0 Å². The summed E-state index contributed by atoms with van der Waals surface area (Å²) in [5.41, 5.74) is 1.91. The predicted molar refractivity (Wildman–Crippen MR) is 97.2 cm³/mol. The van der Waals surface area contributed by atoms with Crippen LogP contribution in [0.2, 0.25) is 0 Å². The number of hydrogen-bond donors (Lipinski definition) is 1. The highest BCUT2D eigenvalue weighted by molar-refractivity contribution is 7.17. The molecule has 1 aliphatic rings. The van der Waals surface area contributed by atoms with E-state index in [-0.39, 0.29) is 11.3 Å². The Kier molecular flexibility index (Phi) is 3.65. The number of thiophene rings is 1. The number of amides is 1. The molecule has 0 aliphatic carbocycles. The number of rotatable bonds is 2. The van der Waals surface area contributed by atoms with Crippen molar-refractivity contribution in [1.29, 1.82) is 0 Å². The number of carbonyl (C=O) groups is 1. The van der Waals surface area contributed by atoms with Gasteiger partial charge in [0.15, 0.2) is 5.82 Å². The van der Waals surface area contributed by atoms with Crippen LogP contribution < -0.4 is 10.1 Å². The van der Waals surface area contributed by atoms with Crippen LogP contribution in [-0.4, -0.2) is 11.1 Å². The average molecular weight is 354 g/mol. The molecule has 25 heavy (non-hydrogen) atoms. The van der Waals surface area contributed by atoms with Gasteiger partial charge in [0.2, 0.25) is 0 Å². The van der Waals surface area contributed by atoms with Crippen molar-refractivity contribution < 1.29 is 14.1 Å². The van der Waals surface area contributed by atoms with Crippen LogP contribution in [0.25, 0.3) is 10.4 Å². The quantitative estimate of drug-likeness (QED) is 0.715. The van der Waals surface area contributed by atoms with Gasteiger partial charge in [0, 0.05) is 27.5 Å². The van der Waals surface area contributed by atoms with E-state index in [0.717, 1.165) is 27.5 Å². The fraction of sp³-hybridized carbons (Fsp3) is 0.263. The van der Waals surface area contributed by atoms with Crippen LogP contribution in [0.3, 0.4) is 0 Å². The Labute approximate surface area is 149 Å². The maximum Gasteiger partial charge on any atom is 0.267 e. The number of fused-ring (bicyclic) bond motifs is 3. The first kappa shape index (κ1) is 15.9. The monoisotopic (exact) mass is 354 g/mol. The minimum absolute atomic E-state index is 0.154. The van der Waals surface area contributed by atoms with E-state index in [4.69, 9.17) is 9.26 Å². The maximum atomic E-state index is 12.6. The molecule has 128 valence electrons. The molecule has 0 fully saturated rings. The van der Waals surface area contributed by atoms with Crippen molar-refractivity contribution in [3.8, 4) is 16.2 Å². The summed E-state index contributed by atoms with van der Waals surface area (Å²) in [4.78, 5) is 14.3. The van der Waals surface area contributed by atoms with Crippen LogP contribution in [0.5, 0.6) is 5.75 Å². The van der Waals surface area contributed by atoms with Crippen LogP contribution in [0.15, 0.2) is 40.9 Å². The number of nitrogens with one attached hydrogen (secondary N) is 1. The molecule has 0 saturated heterocycles. The van der Waals surface area contributed by atoms with Gasteiger partial charge < -0.3 is 14.6 Å². The minimum atomic E-state index is -0.189. The molecule has 0 bridgehead atoms. The third-order valence-corrected chi connectivity index (χ3v) is 5.25. The molecule has 0 spiro atoms. The fourth-order valence-corrected chi connectivity index (χ4v) is 3.77. The number of aromatic nitrogens is 1. The number of ether oxygens (including phenoxy) is 1. The number of nitrogens with zero attached hydrogens (tertiary/aromatic N) is 1. The third-order valence-electron chi connectivity index (χ3n) is 4.04. The zero-order valence-electron chi connectivity index (χ0n) is 14.3. The van der Waals surface area contributed by atoms with E-state index < -0.39 is 0 Å². The molecule has 0 radical (unpaired) electrons. The van der Waals surface area contributed by atoms with E-state index in [1.807, 2.05) is 51.1 Å². The summed E-state index contributed by atoms with van der Waals surface area (Å²) in [5.74, 6) is 1.83. The van der Waals surface area contributed by atoms with Gasteiger partial charge in [-0.2, -0.15) is 0 Å². The Balaban J connectivity index is 1.59. The molecule has 5 nitrogen and oxygen atoms in total. The fourth-order valence-electron chi connectivity index (χ4n) is 2.68. The van der Waals surface area contributed by atoms with Crippen molar-refractivity contribution in [1.82, 2.24) is 5.16 Å². The third kappa shape index (κ3) is 2.93. The molecule has 1 aliphatic heterocycles. The summed E-state index contributed by atoms with van der Waals surface area (Å²) in [7, 11) is 0. The van der Waals surface area contributed by atoms with Crippen molar-refractivity contribution in [2.45, 2.75) is 32.8 Å². The van der Waals surface area contributed by atoms with Crippen molar-refractivity contribution in [3.63, 3.8) is 0 Å². The highest BCUT2D eigenvalue weighted by atomic mass is 32.1. The SMILES string of the molecule is CC(C)(C)c1cc(NC(=O)c2cc3c(s2)-c2ccccc2OC3)no1. The first-order valence-corrected chi connectivity index (χ1v) is 8.87. The van der Waals surface area contributed by atoms with Crippen LogP contribution in [-0.2, 0) is 12.0 Å². The Hall–Kier alpha value is -2.60. The first-order chi connectivity index (χ1) is 11.9. The zero-order valence-corrected chi connectivity index (χ0v) is 15.1. The largest absolute Gasteiger partial charge is 0.488 e. The molecular weight excluding hydrogens is 336 g/mol. The van der Waals surface area contributed by atoms with Crippen LogP contribution in [0.4, 0.5) is 5.82 Å². The molecule has 1 aromatic carbocycles. The van der Waals surface area contributed by atoms with Crippen LogP contribution >= 0.6 is 11.3 Å².